The number of esters is 1. The molecule has 3 rings (SSSR count). The van der Waals surface area contributed by atoms with Crippen LogP contribution in [-0.4, -0.2) is 27.6 Å². The third-order valence-electron chi connectivity index (χ3n) is 3.85. The van der Waals surface area contributed by atoms with Gasteiger partial charge >= 0.3 is 5.97 Å². The Morgan fingerprint density at radius 2 is 2.21 bits per heavy atom. The Hall–Kier alpha value is -3.27. The number of anilines is 1. The number of ether oxygens (including phenoxy) is 1. The van der Waals surface area contributed by atoms with Crippen molar-refractivity contribution < 1.29 is 9.53 Å². The molecule has 0 aliphatic heterocycles. The number of imidazole rings is 1. The number of nitrogens with two attached hydrogens (primary N) is 1. The molecule has 1 aromatic carbocycles. The molecular formula is C17H17N5O2. The van der Waals surface area contributed by atoms with Crippen LogP contribution in [0.1, 0.15) is 41.6 Å². The topological polar surface area (TPSA) is 110 Å². The number of aromatic nitrogens is 3. The summed E-state index contributed by atoms with van der Waals surface area (Å²) in [6.07, 6.45) is 1.53. The average molecular weight is 323 g/mol. The van der Waals surface area contributed by atoms with Gasteiger partial charge in [0, 0.05) is 17.8 Å². The summed E-state index contributed by atoms with van der Waals surface area (Å²) in [5.74, 6) is 0.570. The molecule has 7 heteroatoms. The molecule has 0 spiro atoms. The fraction of sp³-hybridized carbons (Fsp3) is 0.235. The van der Waals surface area contributed by atoms with E-state index in [2.05, 4.69) is 23.8 Å². The van der Waals surface area contributed by atoms with E-state index in [4.69, 9.17) is 10.5 Å². The lowest BCUT2D eigenvalue weighted by atomic mass is 10.2. The number of methoxy groups -OCH3 is 1. The summed E-state index contributed by atoms with van der Waals surface area (Å²) in [5.41, 5.74) is 8.76. The van der Waals surface area contributed by atoms with Crippen LogP contribution in [0.4, 0.5) is 5.69 Å². The minimum absolute atomic E-state index is 0.108. The first-order valence-corrected chi connectivity index (χ1v) is 7.45. The lowest BCUT2D eigenvalue weighted by Crippen LogP contribution is -2.11. The predicted molar refractivity (Wildman–Crippen MR) is 90.0 cm³/mol. The number of nitrogens with one attached hydrogen (secondary N) is 1. The molecule has 3 aromatic rings. The number of carbonyl (C=O) groups excluding carboxylic acids is 1. The second kappa shape index (κ2) is 5.74. The summed E-state index contributed by atoms with van der Waals surface area (Å²) in [5, 5.41) is 9.18. The Kier molecular flexibility index (Phi) is 3.73. The summed E-state index contributed by atoms with van der Waals surface area (Å²) < 4.78 is 6.36. The van der Waals surface area contributed by atoms with Crippen molar-refractivity contribution in [3.8, 4) is 11.8 Å². The highest BCUT2D eigenvalue weighted by atomic mass is 16.5. The van der Waals surface area contributed by atoms with Crippen LogP contribution in [-0.2, 0) is 4.74 Å². The van der Waals surface area contributed by atoms with Crippen LogP contribution >= 0.6 is 0 Å². The molecule has 0 fully saturated rings. The van der Waals surface area contributed by atoms with Gasteiger partial charge in [-0.25, -0.2) is 9.78 Å². The fourth-order valence-corrected chi connectivity index (χ4v) is 2.56. The number of H-pyrrole nitrogens is 1. The van der Waals surface area contributed by atoms with Crippen molar-refractivity contribution in [1.29, 1.82) is 5.26 Å². The lowest BCUT2D eigenvalue weighted by Gasteiger charge is -2.08. The van der Waals surface area contributed by atoms with Crippen LogP contribution in [0.5, 0.6) is 0 Å². The number of aromatic amines is 1. The summed E-state index contributed by atoms with van der Waals surface area (Å²) >= 11 is 0. The Labute approximate surface area is 138 Å². The third-order valence-corrected chi connectivity index (χ3v) is 3.85. The van der Waals surface area contributed by atoms with Gasteiger partial charge in [-0.15, -0.1) is 0 Å². The van der Waals surface area contributed by atoms with E-state index < -0.39 is 5.97 Å². The number of hydrogen-bond acceptors (Lipinski definition) is 5. The molecule has 0 amide bonds. The van der Waals surface area contributed by atoms with Crippen molar-refractivity contribution in [2.45, 2.75) is 19.8 Å². The molecule has 0 radical (unpaired) electrons. The largest absolute Gasteiger partial charge is 0.464 e. The van der Waals surface area contributed by atoms with Gasteiger partial charge in [-0.1, -0.05) is 13.8 Å². The first-order chi connectivity index (χ1) is 11.5. The minimum Gasteiger partial charge on any atom is -0.464 e. The normalized spacial score (nSPS) is 11.0. The molecular weight excluding hydrogens is 306 g/mol. The van der Waals surface area contributed by atoms with E-state index in [0.717, 1.165) is 16.9 Å². The number of fused-ring (bicyclic) bond motifs is 1. The van der Waals surface area contributed by atoms with Gasteiger partial charge < -0.3 is 20.0 Å². The standard InChI is InChI=1S/C17H17N5O2/c1-9(2)16-20-12-5-4-11(6-13(12)21-16)22-8-10(7-18)14(19)15(22)17(23)24-3/h4-6,8-9H,19H2,1-3H3,(H,20,21). The van der Waals surface area contributed by atoms with Crippen molar-refractivity contribution in [3.05, 3.63) is 41.5 Å². The van der Waals surface area contributed by atoms with E-state index in [1.165, 1.54) is 13.3 Å². The van der Waals surface area contributed by atoms with Crippen molar-refractivity contribution in [1.82, 2.24) is 14.5 Å². The molecule has 24 heavy (non-hydrogen) atoms. The molecule has 3 N–H and O–H groups in total. The highest BCUT2D eigenvalue weighted by Crippen LogP contribution is 2.27. The molecule has 0 atom stereocenters. The van der Waals surface area contributed by atoms with Crippen molar-refractivity contribution >= 4 is 22.7 Å². The maximum Gasteiger partial charge on any atom is 0.357 e. The summed E-state index contributed by atoms with van der Waals surface area (Å²) in [6.45, 7) is 4.11. The van der Waals surface area contributed by atoms with Crippen molar-refractivity contribution in [2.24, 2.45) is 0 Å². The van der Waals surface area contributed by atoms with Gasteiger partial charge in [-0.05, 0) is 18.2 Å². The Balaban J connectivity index is 2.20. The summed E-state index contributed by atoms with van der Waals surface area (Å²) in [4.78, 5) is 19.9. The Bertz CT molecular complexity index is 975. The third kappa shape index (κ3) is 2.38. The molecule has 0 unspecified atom stereocenters. The molecule has 0 bridgehead atoms. The number of nitriles is 1. The van der Waals surface area contributed by atoms with Crippen LogP contribution in [0.25, 0.3) is 16.7 Å². The molecule has 2 aromatic heterocycles. The van der Waals surface area contributed by atoms with E-state index in [0.29, 0.717) is 5.69 Å². The van der Waals surface area contributed by atoms with Crippen molar-refractivity contribution in [2.75, 3.05) is 12.8 Å². The molecule has 0 saturated heterocycles. The van der Waals surface area contributed by atoms with E-state index in [1.54, 1.807) is 4.57 Å². The maximum atomic E-state index is 12.1. The highest BCUT2D eigenvalue weighted by molar-refractivity contribution is 5.96. The molecule has 2 heterocycles. The van der Waals surface area contributed by atoms with Crippen LogP contribution in [0.15, 0.2) is 24.4 Å². The number of nitrogen functional groups attached to an aromatic ring is 1. The van der Waals surface area contributed by atoms with Gasteiger partial charge in [0.2, 0.25) is 0 Å². The number of benzene rings is 1. The second-order valence-corrected chi connectivity index (χ2v) is 5.76. The Morgan fingerprint density at radius 3 is 2.83 bits per heavy atom. The van der Waals surface area contributed by atoms with Gasteiger partial charge in [0.15, 0.2) is 5.69 Å². The minimum atomic E-state index is -0.596. The number of carbonyl (C=O) groups is 1. The van der Waals surface area contributed by atoms with E-state index in [9.17, 15) is 10.1 Å². The van der Waals surface area contributed by atoms with Crippen LogP contribution in [0.2, 0.25) is 0 Å². The SMILES string of the molecule is COC(=O)c1c(N)c(C#N)cn1-c1ccc2nc(C(C)C)[nH]c2c1. The van der Waals surface area contributed by atoms with Crippen LogP contribution in [0.3, 0.4) is 0 Å². The number of hydrogen-bond donors (Lipinski definition) is 2. The fourth-order valence-electron chi connectivity index (χ4n) is 2.56. The monoisotopic (exact) mass is 323 g/mol. The summed E-state index contributed by atoms with van der Waals surface area (Å²) in [7, 11) is 1.28. The van der Waals surface area contributed by atoms with Gasteiger partial charge in [0.25, 0.3) is 0 Å². The van der Waals surface area contributed by atoms with Gasteiger partial charge in [0.1, 0.15) is 11.9 Å². The lowest BCUT2D eigenvalue weighted by molar-refractivity contribution is 0.0593. The maximum absolute atomic E-state index is 12.1. The molecule has 7 nitrogen and oxygen atoms in total. The zero-order valence-corrected chi connectivity index (χ0v) is 13.6. The van der Waals surface area contributed by atoms with Gasteiger partial charge in [-0.3, -0.25) is 0 Å². The number of nitrogens with zero attached hydrogens (tertiary/aromatic N) is 3. The zero-order valence-electron chi connectivity index (χ0n) is 13.6. The zero-order chi connectivity index (χ0) is 17.4. The van der Waals surface area contributed by atoms with E-state index in [-0.39, 0.29) is 22.9 Å². The second-order valence-electron chi connectivity index (χ2n) is 5.76. The quantitative estimate of drug-likeness (QED) is 0.720. The van der Waals surface area contributed by atoms with E-state index in [1.807, 2.05) is 24.3 Å². The van der Waals surface area contributed by atoms with Crippen molar-refractivity contribution in [3.63, 3.8) is 0 Å². The molecule has 0 aliphatic carbocycles. The van der Waals surface area contributed by atoms with Crippen LogP contribution in [0, 0.1) is 11.3 Å². The first-order valence-electron chi connectivity index (χ1n) is 7.45. The first kappa shape index (κ1) is 15.6. The molecule has 122 valence electrons. The Morgan fingerprint density at radius 1 is 1.46 bits per heavy atom. The highest BCUT2D eigenvalue weighted by Gasteiger charge is 2.22. The number of rotatable bonds is 3. The predicted octanol–water partition coefficient (Wildman–Crippen LogP) is 2.72. The molecule has 0 aliphatic rings. The van der Waals surface area contributed by atoms with Gasteiger partial charge in [-0.2, -0.15) is 5.26 Å². The van der Waals surface area contributed by atoms with E-state index >= 15 is 0 Å². The van der Waals surface area contributed by atoms with Gasteiger partial charge in [0.05, 0.1) is 29.4 Å². The van der Waals surface area contributed by atoms with Crippen LogP contribution < -0.4 is 5.73 Å². The smallest absolute Gasteiger partial charge is 0.357 e. The summed E-state index contributed by atoms with van der Waals surface area (Å²) in [6, 6.07) is 7.53. The molecule has 0 saturated carbocycles. The average Bonchev–Trinajstić information content (AvgIpc) is 3.14.